The van der Waals surface area contributed by atoms with Crippen molar-refractivity contribution in [1.82, 2.24) is 14.8 Å². The van der Waals surface area contributed by atoms with E-state index < -0.39 is 0 Å². The molecule has 1 aliphatic heterocycles. The van der Waals surface area contributed by atoms with Crippen LogP contribution in [0, 0.1) is 0 Å². The maximum Gasteiger partial charge on any atom is 0.255 e. The Balaban J connectivity index is 1.85. The number of aromatic nitrogens is 1. The summed E-state index contributed by atoms with van der Waals surface area (Å²) in [7, 11) is 0. The zero-order chi connectivity index (χ0) is 19.2. The Bertz CT molecular complexity index is 843. The molecule has 0 atom stereocenters. The average molecular weight is 388 g/mol. The fourth-order valence-electron chi connectivity index (χ4n) is 3.57. The molecule has 144 valence electrons. The third-order valence-electron chi connectivity index (χ3n) is 5.00. The molecule has 1 saturated heterocycles. The van der Waals surface area contributed by atoms with Crippen LogP contribution in [0.4, 0.5) is 0 Å². The molecule has 5 nitrogen and oxygen atoms in total. The molecule has 1 aromatic heterocycles. The summed E-state index contributed by atoms with van der Waals surface area (Å²) in [6.45, 7) is 5.03. The Kier molecular flexibility index (Phi) is 6.69. The minimum absolute atomic E-state index is 0.00309. The molecule has 27 heavy (non-hydrogen) atoms. The van der Waals surface area contributed by atoms with Gasteiger partial charge in [0.05, 0.1) is 12.1 Å². The first-order valence-electron chi connectivity index (χ1n) is 9.55. The quantitative estimate of drug-likeness (QED) is 0.828. The summed E-state index contributed by atoms with van der Waals surface area (Å²) in [6, 6.07) is 10.8. The van der Waals surface area contributed by atoms with Gasteiger partial charge in [-0.15, -0.1) is 0 Å². The molecule has 1 amide bonds. The molecule has 0 radical (unpaired) electrons. The molecule has 2 aromatic rings. The summed E-state index contributed by atoms with van der Waals surface area (Å²) in [5.74, 6) is -0.00309. The molecular weight excluding hydrogens is 362 g/mol. The highest BCUT2D eigenvalue weighted by molar-refractivity contribution is 6.31. The first kappa shape index (κ1) is 19.6. The van der Waals surface area contributed by atoms with E-state index in [4.69, 9.17) is 11.6 Å². The second-order valence-electron chi connectivity index (χ2n) is 6.96. The molecule has 3 rings (SSSR count). The van der Waals surface area contributed by atoms with Crippen LogP contribution in [0.1, 0.15) is 42.1 Å². The smallest absolute Gasteiger partial charge is 0.255 e. The van der Waals surface area contributed by atoms with E-state index in [2.05, 4.69) is 12.2 Å². The molecule has 1 aromatic carbocycles. The number of carbonyl (C=O) groups excluding carboxylic acids is 1. The Labute approximate surface area is 164 Å². The molecule has 1 N–H and O–H groups in total. The molecule has 6 heteroatoms. The lowest BCUT2D eigenvalue weighted by molar-refractivity contribution is 0.0641. The zero-order valence-corrected chi connectivity index (χ0v) is 16.4. The van der Waals surface area contributed by atoms with E-state index >= 15 is 0 Å². The first-order chi connectivity index (χ1) is 13.1. The van der Waals surface area contributed by atoms with Crippen molar-refractivity contribution in [2.24, 2.45) is 0 Å². The third-order valence-corrected chi connectivity index (χ3v) is 5.37. The van der Waals surface area contributed by atoms with Crippen LogP contribution >= 0.6 is 11.6 Å². The Morgan fingerprint density at radius 1 is 1.22 bits per heavy atom. The number of piperidine rings is 1. The highest BCUT2D eigenvalue weighted by Gasteiger charge is 2.25. The van der Waals surface area contributed by atoms with Gasteiger partial charge in [0, 0.05) is 29.9 Å². The first-order valence-corrected chi connectivity index (χ1v) is 9.93. The number of carbonyl (C=O) groups is 1. The van der Waals surface area contributed by atoms with Crippen LogP contribution in [0.25, 0.3) is 0 Å². The van der Waals surface area contributed by atoms with Crippen LogP contribution < -0.4 is 10.9 Å². The number of hydrogen-bond acceptors (Lipinski definition) is 3. The standard InChI is InChI=1S/C21H26ClN3O2/c1-2-13-25(18-9-11-23-12-10-18)21(27)17-7-8-20(26)24(15-17)14-16-5-3-4-6-19(16)22/h3-8,15,18,23H,2,9-14H2,1H3. The van der Waals surface area contributed by atoms with Gasteiger partial charge in [0.2, 0.25) is 0 Å². The monoisotopic (exact) mass is 387 g/mol. The lowest BCUT2D eigenvalue weighted by Crippen LogP contribution is -2.46. The number of rotatable bonds is 6. The van der Waals surface area contributed by atoms with E-state index in [1.54, 1.807) is 22.9 Å². The van der Waals surface area contributed by atoms with Gasteiger partial charge in [0.1, 0.15) is 0 Å². The van der Waals surface area contributed by atoms with Crippen molar-refractivity contribution in [2.45, 2.75) is 38.8 Å². The van der Waals surface area contributed by atoms with Gasteiger partial charge in [-0.1, -0.05) is 36.7 Å². The summed E-state index contributed by atoms with van der Waals surface area (Å²) >= 11 is 6.23. The van der Waals surface area contributed by atoms with Crippen molar-refractivity contribution in [3.8, 4) is 0 Å². The number of benzene rings is 1. The predicted molar refractivity (Wildman–Crippen MR) is 108 cm³/mol. The molecule has 2 heterocycles. The van der Waals surface area contributed by atoms with Crippen molar-refractivity contribution in [1.29, 1.82) is 0 Å². The average Bonchev–Trinajstić information content (AvgIpc) is 2.69. The number of nitrogens with zero attached hydrogens (tertiary/aromatic N) is 2. The molecule has 0 bridgehead atoms. The van der Waals surface area contributed by atoms with Crippen LogP contribution in [0.15, 0.2) is 47.4 Å². The fraction of sp³-hybridized carbons (Fsp3) is 0.429. The number of amides is 1. The second kappa shape index (κ2) is 9.20. The minimum atomic E-state index is -0.143. The lowest BCUT2D eigenvalue weighted by Gasteiger charge is -2.34. The van der Waals surface area contributed by atoms with E-state index in [0.717, 1.165) is 44.5 Å². The van der Waals surface area contributed by atoms with E-state index in [9.17, 15) is 9.59 Å². The maximum absolute atomic E-state index is 13.2. The number of pyridine rings is 1. The molecule has 0 aliphatic carbocycles. The van der Waals surface area contributed by atoms with Gasteiger partial charge < -0.3 is 14.8 Å². The maximum atomic E-state index is 13.2. The van der Waals surface area contributed by atoms with Crippen molar-refractivity contribution in [3.05, 3.63) is 69.1 Å². The van der Waals surface area contributed by atoms with Crippen molar-refractivity contribution >= 4 is 17.5 Å². The largest absolute Gasteiger partial charge is 0.336 e. The lowest BCUT2D eigenvalue weighted by atomic mass is 10.0. The summed E-state index contributed by atoms with van der Waals surface area (Å²) in [6.07, 6.45) is 4.50. The van der Waals surface area contributed by atoms with E-state index in [-0.39, 0.29) is 17.5 Å². The number of hydrogen-bond donors (Lipinski definition) is 1. The van der Waals surface area contributed by atoms with E-state index in [1.807, 2.05) is 23.1 Å². The summed E-state index contributed by atoms with van der Waals surface area (Å²) in [5.41, 5.74) is 1.26. The number of halogens is 1. The summed E-state index contributed by atoms with van der Waals surface area (Å²) in [4.78, 5) is 27.4. The highest BCUT2D eigenvalue weighted by Crippen LogP contribution is 2.18. The molecule has 0 unspecified atom stereocenters. The molecule has 1 fully saturated rings. The van der Waals surface area contributed by atoms with E-state index in [1.165, 1.54) is 6.07 Å². The van der Waals surface area contributed by atoms with Gasteiger partial charge in [-0.05, 0) is 50.0 Å². The van der Waals surface area contributed by atoms with Gasteiger partial charge in [-0.2, -0.15) is 0 Å². The van der Waals surface area contributed by atoms with Crippen LogP contribution in [0.5, 0.6) is 0 Å². The Morgan fingerprint density at radius 3 is 2.67 bits per heavy atom. The van der Waals surface area contributed by atoms with E-state index in [0.29, 0.717) is 17.1 Å². The van der Waals surface area contributed by atoms with Crippen molar-refractivity contribution in [2.75, 3.05) is 19.6 Å². The van der Waals surface area contributed by atoms with Gasteiger partial charge >= 0.3 is 0 Å². The van der Waals surface area contributed by atoms with Gasteiger partial charge in [0.25, 0.3) is 11.5 Å². The Hall–Kier alpha value is -2.11. The van der Waals surface area contributed by atoms with Crippen molar-refractivity contribution in [3.63, 3.8) is 0 Å². The van der Waals surface area contributed by atoms with Crippen LogP contribution in [0.3, 0.4) is 0 Å². The van der Waals surface area contributed by atoms with Gasteiger partial charge in [-0.25, -0.2) is 0 Å². The predicted octanol–water partition coefficient (Wildman–Crippen LogP) is 3.15. The summed E-state index contributed by atoms with van der Waals surface area (Å²) < 4.78 is 1.56. The Morgan fingerprint density at radius 2 is 1.96 bits per heavy atom. The normalized spacial score (nSPS) is 14.9. The molecular formula is C21H26ClN3O2. The highest BCUT2D eigenvalue weighted by atomic mass is 35.5. The van der Waals surface area contributed by atoms with Crippen LogP contribution in [0.2, 0.25) is 5.02 Å². The summed E-state index contributed by atoms with van der Waals surface area (Å²) in [5, 5.41) is 3.96. The third kappa shape index (κ3) is 4.79. The fourth-order valence-corrected chi connectivity index (χ4v) is 3.76. The molecule has 0 saturated carbocycles. The van der Waals surface area contributed by atoms with Crippen LogP contribution in [-0.4, -0.2) is 41.1 Å². The van der Waals surface area contributed by atoms with Gasteiger partial charge in [0.15, 0.2) is 0 Å². The second-order valence-corrected chi connectivity index (χ2v) is 7.36. The van der Waals surface area contributed by atoms with Crippen molar-refractivity contribution < 1.29 is 4.79 Å². The molecule has 0 spiro atoms. The molecule has 1 aliphatic rings. The SMILES string of the molecule is CCCN(C(=O)c1ccc(=O)n(Cc2ccccc2Cl)c1)C1CCNCC1. The minimum Gasteiger partial charge on any atom is -0.336 e. The zero-order valence-electron chi connectivity index (χ0n) is 15.7. The van der Waals surface area contributed by atoms with Gasteiger partial charge in [-0.3, -0.25) is 9.59 Å². The number of nitrogens with one attached hydrogen (secondary N) is 1. The topological polar surface area (TPSA) is 54.3 Å². The van der Waals surface area contributed by atoms with Crippen LogP contribution in [-0.2, 0) is 6.54 Å².